The predicted octanol–water partition coefficient (Wildman–Crippen LogP) is 3.55. The molecule has 2 aromatic heterocycles. The minimum atomic E-state index is -2.70. The summed E-state index contributed by atoms with van der Waals surface area (Å²) in [4.78, 5) is 4.69. The standard InChI is InChI=1S/C20H24F2N6/c1-2-6-16-14-27(12-11-26(16)13-15-7-4-3-5-8-15)18-10-9-17-23-24-20(19(21)22)28(17)25-18/h3-5,7-10,16,19H,2,6,11-14H2,1H3. The summed E-state index contributed by atoms with van der Waals surface area (Å²) in [6.07, 6.45) is -0.522. The van der Waals surface area contributed by atoms with Crippen LogP contribution in [0.5, 0.6) is 0 Å². The number of alkyl halides is 2. The minimum absolute atomic E-state index is 0.340. The zero-order chi connectivity index (χ0) is 19.5. The van der Waals surface area contributed by atoms with Crippen LogP contribution in [-0.4, -0.2) is 50.4 Å². The molecule has 0 saturated carbocycles. The first kappa shape index (κ1) is 18.7. The van der Waals surface area contributed by atoms with Crippen molar-refractivity contribution < 1.29 is 8.78 Å². The Morgan fingerprint density at radius 3 is 2.64 bits per heavy atom. The van der Waals surface area contributed by atoms with Gasteiger partial charge in [-0.25, -0.2) is 8.78 Å². The molecule has 1 atom stereocenters. The topological polar surface area (TPSA) is 49.6 Å². The third-order valence-electron chi connectivity index (χ3n) is 5.25. The van der Waals surface area contributed by atoms with Crippen molar-refractivity contribution in [3.05, 3.63) is 53.9 Å². The van der Waals surface area contributed by atoms with Gasteiger partial charge in [0.05, 0.1) is 0 Å². The van der Waals surface area contributed by atoms with Gasteiger partial charge < -0.3 is 4.90 Å². The summed E-state index contributed by atoms with van der Waals surface area (Å²) in [5, 5.41) is 11.7. The van der Waals surface area contributed by atoms with E-state index in [-0.39, 0.29) is 0 Å². The van der Waals surface area contributed by atoms with Gasteiger partial charge in [0.25, 0.3) is 6.43 Å². The van der Waals surface area contributed by atoms with E-state index < -0.39 is 12.2 Å². The second kappa shape index (κ2) is 8.18. The fraction of sp³-hybridized carbons (Fsp3) is 0.450. The average molecular weight is 386 g/mol. The molecule has 0 N–H and O–H groups in total. The largest absolute Gasteiger partial charge is 0.352 e. The van der Waals surface area contributed by atoms with Crippen LogP contribution in [0.4, 0.5) is 14.6 Å². The number of benzene rings is 1. The number of fused-ring (bicyclic) bond motifs is 1. The van der Waals surface area contributed by atoms with Gasteiger partial charge in [0.1, 0.15) is 5.82 Å². The number of hydrogen-bond donors (Lipinski definition) is 0. The van der Waals surface area contributed by atoms with E-state index in [0.717, 1.165) is 43.5 Å². The monoisotopic (exact) mass is 386 g/mol. The van der Waals surface area contributed by atoms with E-state index in [4.69, 9.17) is 0 Å². The van der Waals surface area contributed by atoms with Crippen molar-refractivity contribution in [3.63, 3.8) is 0 Å². The van der Waals surface area contributed by atoms with Gasteiger partial charge in [0, 0.05) is 32.2 Å². The molecule has 4 rings (SSSR count). The Labute approximate surface area is 162 Å². The van der Waals surface area contributed by atoms with Crippen LogP contribution >= 0.6 is 0 Å². The third kappa shape index (κ3) is 3.82. The van der Waals surface area contributed by atoms with Crippen LogP contribution in [-0.2, 0) is 6.54 Å². The first-order valence-electron chi connectivity index (χ1n) is 9.69. The van der Waals surface area contributed by atoms with Crippen molar-refractivity contribution in [2.45, 2.75) is 38.8 Å². The van der Waals surface area contributed by atoms with E-state index in [2.05, 4.69) is 56.3 Å². The second-order valence-corrected chi connectivity index (χ2v) is 7.17. The van der Waals surface area contributed by atoms with Gasteiger partial charge >= 0.3 is 0 Å². The molecule has 1 unspecified atom stereocenters. The predicted molar refractivity (Wildman–Crippen MR) is 104 cm³/mol. The van der Waals surface area contributed by atoms with Crippen molar-refractivity contribution in [2.24, 2.45) is 0 Å². The maximum atomic E-state index is 13.1. The van der Waals surface area contributed by atoms with Gasteiger partial charge in [0.15, 0.2) is 5.65 Å². The van der Waals surface area contributed by atoms with Crippen LogP contribution in [0.25, 0.3) is 5.65 Å². The number of nitrogens with zero attached hydrogens (tertiary/aromatic N) is 6. The first-order chi connectivity index (χ1) is 13.7. The molecule has 3 aromatic rings. The lowest BCUT2D eigenvalue weighted by Gasteiger charge is -2.42. The summed E-state index contributed by atoms with van der Waals surface area (Å²) < 4.78 is 27.4. The summed E-state index contributed by atoms with van der Waals surface area (Å²) in [5.41, 5.74) is 1.65. The fourth-order valence-electron chi connectivity index (χ4n) is 3.83. The van der Waals surface area contributed by atoms with E-state index in [0.29, 0.717) is 17.5 Å². The highest BCUT2D eigenvalue weighted by Crippen LogP contribution is 2.23. The van der Waals surface area contributed by atoms with Gasteiger partial charge in [-0.05, 0) is 24.1 Å². The van der Waals surface area contributed by atoms with E-state index in [1.54, 1.807) is 6.07 Å². The Kier molecular flexibility index (Phi) is 5.47. The van der Waals surface area contributed by atoms with Crippen LogP contribution in [0.3, 0.4) is 0 Å². The summed E-state index contributed by atoms with van der Waals surface area (Å²) in [6.45, 7) is 5.65. The van der Waals surface area contributed by atoms with Crippen molar-refractivity contribution in [1.82, 2.24) is 24.7 Å². The minimum Gasteiger partial charge on any atom is -0.352 e. The highest BCUT2D eigenvalue weighted by atomic mass is 19.3. The van der Waals surface area contributed by atoms with Gasteiger partial charge in [-0.3, -0.25) is 4.90 Å². The average Bonchev–Trinajstić information content (AvgIpc) is 3.14. The molecule has 148 valence electrons. The quantitative estimate of drug-likeness (QED) is 0.648. The Balaban J connectivity index is 1.53. The third-order valence-corrected chi connectivity index (χ3v) is 5.25. The Hall–Kier alpha value is -2.61. The molecule has 1 aliphatic heterocycles. The van der Waals surface area contributed by atoms with Gasteiger partial charge in [-0.15, -0.1) is 15.3 Å². The van der Waals surface area contributed by atoms with E-state index in [1.165, 1.54) is 5.56 Å². The molecule has 3 heterocycles. The normalized spacial score (nSPS) is 18.3. The van der Waals surface area contributed by atoms with Crippen molar-refractivity contribution in [3.8, 4) is 0 Å². The number of aromatic nitrogens is 4. The molecule has 0 spiro atoms. The van der Waals surface area contributed by atoms with Crippen LogP contribution in [0.2, 0.25) is 0 Å². The Morgan fingerprint density at radius 2 is 1.89 bits per heavy atom. The summed E-state index contributed by atoms with van der Waals surface area (Å²) in [7, 11) is 0. The lowest BCUT2D eigenvalue weighted by molar-refractivity contribution is 0.137. The lowest BCUT2D eigenvalue weighted by atomic mass is 10.1. The van der Waals surface area contributed by atoms with Crippen molar-refractivity contribution in [1.29, 1.82) is 0 Å². The lowest BCUT2D eigenvalue weighted by Crippen LogP contribution is -2.53. The second-order valence-electron chi connectivity index (χ2n) is 7.17. The number of halogens is 2. The van der Waals surface area contributed by atoms with Crippen LogP contribution in [0.1, 0.15) is 37.6 Å². The smallest absolute Gasteiger partial charge is 0.299 e. The van der Waals surface area contributed by atoms with Crippen molar-refractivity contribution in [2.75, 3.05) is 24.5 Å². The Morgan fingerprint density at radius 1 is 1.07 bits per heavy atom. The molecule has 0 amide bonds. The number of hydrogen-bond acceptors (Lipinski definition) is 5. The Bertz CT molecular complexity index is 913. The highest BCUT2D eigenvalue weighted by Gasteiger charge is 2.28. The number of anilines is 1. The zero-order valence-corrected chi connectivity index (χ0v) is 15.9. The highest BCUT2D eigenvalue weighted by molar-refractivity contribution is 5.46. The molecule has 0 bridgehead atoms. The maximum Gasteiger partial charge on any atom is 0.299 e. The number of piperazine rings is 1. The van der Waals surface area contributed by atoms with Crippen molar-refractivity contribution >= 4 is 11.5 Å². The van der Waals surface area contributed by atoms with Crippen LogP contribution in [0, 0.1) is 0 Å². The summed E-state index contributed by atoms with van der Waals surface area (Å²) >= 11 is 0. The van der Waals surface area contributed by atoms with Gasteiger partial charge in [-0.1, -0.05) is 43.7 Å². The van der Waals surface area contributed by atoms with Gasteiger partial charge in [-0.2, -0.15) is 4.52 Å². The molecule has 28 heavy (non-hydrogen) atoms. The molecule has 1 saturated heterocycles. The molecule has 1 aromatic carbocycles. The van der Waals surface area contributed by atoms with Gasteiger partial charge in [0.2, 0.25) is 5.82 Å². The molecule has 0 aliphatic carbocycles. The summed E-state index contributed by atoms with van der Waals surface area (Å²) in [5.74, 6) is 0.277. The first-order valence-corrected chi connectivity index (χ1v) is 9.69. The SMILES string of the molecule is CCCC1CN(c2ccc3nnc(C(F)F)n3n2)CCN1Cc1ccccc1. The molecular weight excluding hydrogens is 362 g/mol. The zero-order valence-electron chi connectivity index (χ0n) is 15.9. The molecule has 1 fully saturated rings. The molecule has 0 radical (unpaired) electrons. The fourth-order valence-corrected chi connectivity index (χ4v) is 3.83. The van der Waals surface area contributed by atoms with E-state index in [1.807, 2.05) is 12.1 Å². The molecule has 8 heteroatoms. The maximum absolute atomic E-state index is 13.1. The number of rotatable bonds is 6. The van der Waals surface area contributed by atoms with E-state index >= 15 is 0 Å². The van der Waals surface area contributed by atoms with Crippen LogP contribution in [0.15, 0.2) is 42.5 Å². The van der Waals surface area contributed by atoms with Crippen LogP contribution < -0.4 is 4.90 Å². The molecule has 6 nitrogen and oxygen atoms in total. The van der Waals surface area contributed by atoms with E-state index in [9.17, 15) is 8.78 Å². The summed E-state index contributed by atoms with van der Waals surface area (Å²) in [6, 6.07) is 14.4. The molecular formula is C20H24F2N6. The molecule has 1 aliphatic rings.